The highest BCUT2D eigenvalue weighted by Crippen LogP contribution is 2.03. The molecule has 0 aliphatic rings. The zero-order chi connectivity index (χ0) is 12.9. The summed E-state index contributed by atoms with van der Waals surface area (Å²) in [6.45, 7) is 6.35. The molecule has 0 spiro atoms. The van der Waals surface area contributed by atoms with E-state index in [0.717, 1.165) is 0 Å². The van der Waals surface area contributed by atoms with Crippen LogP contribution in [-0.2, 0) is 19.1 Å². The number of rotatable bonds is 5. The Kier molecular flexibility index (Phi) is 5.98. The molecule has 0 aromatic rings. The lowest BCUT2D eigenvalue weighted by Crippen LogP contribution is -2.43. The SMILES string of the molecule is CC(C)OC(=O)[C@@H](O)[C@H](O)C(=O)OC(C)C. The van der Waals surface area contributed by atoms with Crippen LogP contribution in [-0.4, -0.2) is 46.6 Å². The van der Waals surface area contributed by atoms with Crippen LogP contribution in [0.3, 0.4) is 0 Å². The average Bonchev–Trinajstić information content (AvgIpc) is 2.13. The summed E-state index contributed by atoms with van der Waals surface area (Å²) in [5.41, 5.74) is 0. The smallest absolute Gasteiger partial charge is 0.338 e. The first-order valence-electron chi connectivity index (χ1n) is 5.02. The fourth-order valence-corrected chi connectivity index (χ4v) is 0.862. The van der Waals surface area contributed by atoms with Crippen LogP contribution in [0.15, 0.2) is 0 Å². The minimum atomic E-state index is -1.92. The van der Waals surface area contributed by atoms with Crippen LogP contribution in [0.1, 0.15) is 27.7 Å². The van der Waals surface area contributed by atoms with Crippen molar-refractivity contribution in [2.24, 2.45) is 0 Å². The van der Waals surface area contributed by atoms with Gasteiger partial charge < -0.3 is 19.7 Å². The second kappa shape index (κ2) is 6.44. The summed E-state index contributed by atoms with van der Waals surface area (Å²) in [5.74, 6) is -2.11. The molecule has 0 heterocycles. The Morgan fingerprint density at radius 2 is 1.06 bits per heavy atom. The number of ether oxygens (including phenoxy) is 2. The van der Waals surface area contributed by atoms with Gasteiger partial charge in [0.05, 0.1) is 12.2 Å². The minimum absolute atomic E-state index is 0.435. The third kappa shape index (κ3) is 5.09. The summed E-state index contributed by atoms with van der Waals surface area (Å²) < 4.78 is 9.26. The van der Waals surface area contributed by atoms with Gasteiger partial charge in [0.2, 0.25) is 0 Å². The van der Waals surface area contributed by atoms with Crippen LogP contribution < -0.4 is 0 Å². The van der Waals surface area contributed by atoms with Crippen molar-refractivity contribution in [3.8, 4) is 0 Å². The van der Waals surface area contributed by atoms with Gasteiger partial charge in [-0.3, -0.25) is 0 Å². The third-order valence-electron chi connectivity index (χ3n) is 1.49. The second-order valence-electron chi connectivity index (χ2n) is 3.86. The summed E-state index contributed by atoms with van der Waals surface area (Å²) in [6, 6.07) is 0. The lowest BCUT2D eigenvalue weighted by molar-refractivity contribution is -0.177. The molecular formula is C10H18O6. The molecule has 6 nitrogen and oxygen atoms in total. The van der Waals surface area contributed by atoms with E-state index in [0.29, 0.717) is 0 Å². The van der Waals surface area contributed by atoms with Gasteiger partial charge in [-0.1, -0.05) is 0 Å². The lowest BCUT2D eigenvalue weighted by Gasteiger charge is -2.18. The standard InChI is InChI=1S/C10H18O6/c1-5(2)15-9(13)7(11)8(12)10(14)16-6(3)4/h5-8,11-12H,1-4H3/t7-,8-/m0/s1. The lowest BCUT2D eigenvalue weighted by atomic mass is 10.2. The van der Waals surface area contributed by atoms with Gasteiger partial charge in [-0.15, -0.1) is 0 Å². The third-order valence-corrected chi connectivity index (χ3v) is 1.49. The molecule has 0 rings (SSSR count). The monoisotopic (exact) mass is 234 g/mol. The maximum absolute atomic E-state index is 11.1. The predicted molar refractivity (Wildman–Crippen MR) is 54.5 cm³/mol. The number of aliphatic hydroxyl groups excluding tert-OH is 2. The maximum Gasteiger partial charge on any atom is 0.338 e. The van der Waals surface area contributed by atoms with Crippen LogP contribution in [0.4, 0.5) is 0 Å². The Morgan fingerprint density at radius 3 is 1.25 bits per heavy atom. The van der Waals surface area contributed by atoms with E-state index in [2.05, 4.69) is 9.47 Å². The zero-order valence-electron chi connectivity index (χ0n) is 9.84. The molecule has 0 fully saturated rings. The quantitative estimate of drug-likeness (QED) is 0.629. The zero-order valence-corrected chi connectivity index (χ0v) is 9.84. The van der Waals surface area contributed by atoms with Crippen LogP contribution in [0.25, 0.3) is 0 Å². The molecule has 0 aliphatic carbocycles. The fraction of sp³-hybridized carbons (Fsp3) is 0.800. The van der Waals surface area contributed by atoms with E-state index in [1.165, 1.54) is 0 Å². The Morgan fingerprint density at radius 1 is 0.812 bits per heavy atom. The van der Waals surface area contributed by atoms with Crippen LogP contribution in [0.5, 0.6) is 0 Å². The van der Waals surface area contributed by atoms with Gasteiger partial charge in [-0.05, 0) is 27.7 Å². The number of esters is 2. The van der Waals surface area contributed by atoms with E-state index < -0.39 is 36.4 Å². The van der Waals surface area contributed by atoms with Crippen molar-refractivity contribution >= 4 is 11.9 Å². The molecule has 0 aliphatic heterocycles. The second-order valence-corrected chi connectivity index (χ2v) is 3.86. The average molecular weight is 234 g/mol. The predicted octanol–water partition coefficient (Wildman–Crippen LogP) is -0.389. The Hall–Kier alpha value is -1.14. The normalized spacial score (nSPS) is 14.8. The van der Waals surface area contributed by atoms with Crippen molar-refractivity contribution < 1.29 is 29.3 Å². The molecule has 16 heavy (non-hydrogen) atoms. The fourth-order valence-electron chi connectivity index (χ4n) is 0.862. The van der Waals surface area contributed by atoms with Crippen molar-refractivity contribution in [2.75, 3.05) is 0 Å². The number of aliphatic hydroxyl groups is 2. The van der Waals surface area contributed by atoms with Gasteiger partial charge in [-0.25, -0.2) is 9.59 Å². The van der Waals surface area contributed by atoms with Gasteiger partial charge in [0.15, 0.2) is 12.2 Å². The molecule has 0 amide bonds. The summed E-state index contributed by atoms with van der Waals surface area (Å²) in [4.78, 5) is 22.3. The molecule has 6 heteroatoms. The first-order valence-corrected chi connectivity index (χ1v) is 5.02. The molecule has 0 saturated heterocycles. The molecule has 94 valence electrons. The summed E-state index contributed by atoms with van der Waals surface area (Å²) in [6.07, 6.45) is -4.71. The van der Waals surface area contributed by atoms with Gasteiger partial charge >= 0.3 is 11.9 Å². The number of carbonyl (C=O) groups excluding carboxylic acids is 2. The molecule has 0 aromatic carbocycles. The van der Waals surface area contributed by atoms with Gasteiger partial charge in [0.1, 0.15) is 0 Å². The minimum Gasteiger partial charge on any atom is -0.461 e. The number of carbonyl (C=O) groups is 2. The molecule has 0 bridgehead atoms. The van der Waals surface area contributed by atoms with Crippen LogP contribution >= 0.6 is 0 Å². The summed E-state index contributed by atoms with van der Waals surface area (Å²) >= 11 is 0. The van der Waals surface area contributed by atoms with Gasteiger partial charge in [0, 0.05) is 0 Å². The van der Waals surface area contributed by atoms with Gasteiger partial charge in [-0.2, -0.15) is 0 Å². The molecule has 0 unspecified atom stereocenters. The first kappa shape index (κ1) is 14.9. The summed E-state index contributed by atoms with van der Waals surface area (Å²) in [5, 5.41) is 18.6. The van der Waals surface area contributed by atoms with Crippen molar-refractivity contribution in [3.63, 3.8) is 0 Å². The van der Waals surface area contributed by atoms with E-state index in [1.54, 1.807) is 27.7 Å². The largest absolute Gasteiger partial charge is 0.461 e. The Balaban J connectivity index is 4.31. The van der Waals surface area contributed by atoms with E-state index >= 15 is 0 Å². The highest BCUT2D eigenvalue weighted by atomic mass is 16.6. The van der Waals surface area contributed by atoms with Crippen molar-refractivity contribution in [1.29, 1.82) is 0 Å². The number of hydrogen-bond donors (Lipinski definition) is 2. The molecule has 2 N–H and O–H groups in total. The van der Waals surface area contributed by atoms with Crippen molar-refractivity contribution in [3.05, 3.63) is 0 Å². The van der Waals surface area contributed by atoms with Crippen LogP contribution in [0.2, 0.25) is 0 Å². The molecule has 0 saturated carbocycles. The topological polar surface area (TPSA) is 93.1 Å². The highest BCUT2D eigenvalue weighted by molar-refractivity contribution is 5.85. The molecule has 0 radical (unpaired) electrons. The van der Waals surface area contributed by atoms with E-state index in [9.17, 15) is 19.8 Å². The van der Waals surface area contributed by atoms with E-state index in [1.807, 2.05) is 0 Å². The van der Waals surface area contributed by atoms with Gasteiger partial charge in [0.25, 0.3) is 0 Å². The highest BCUT2D eigenvalue weighted by Gasteiger charge is 2.33. The van der Waals surface area contributed by atoms with Crippen LogP contribution in [0, 0.1) is 0 Å². The molecule has 0 aromatic heterocycles. The Labute approximate surface area is 94.2 Å². The van der Waals surface area contributed by atoms with Crippen molar-refractivity contribution in [1.82, 2.24) is 0 Å². The molecular weight excluding hydrogens is 216 g/mol. The first-order chi connectivity index (χ1) is 7.25. The van der Waals surface area contributed by atoms with E-state index in [-0.39, 0.29) is 0 Å². The maximum atomic E-state index is 11.1. The van der Waals surface area contributed by atoms with Crippen molar-refractivity contribution in [2.45, 2.75) is 52.1 Å². The Bertz CT molecular complexity index is 222. The molecule has 2 atom stereocenters. The number of hydrogen-bond acceptors (Lipinski definition) is 6. The summed E-state index contributed by atoms with van der Waals surface area (Å²) in [7, 11) is 0. The van der Waals surface area contributed by atoms with E-state index in [4.69, 9.17) is 0 Å².